The maximum atomic E-state index is 12.9. The minimum absolute atomic E-state index is 0.258. The van der Waals surface area contributed by atoms with E-state index in [1.54, 1.807) is 13.0 Å². The van der Waals surface area contributed by atoms with Crippen molar-refractivity contribution < 1.29 is 13.2 Å². The summed E-state index contributed by atoms with van der Waals surface area (Å²) in [5.41, 5.74) is 0.498. The first-order chi connectivity index (χ1) is 8.41. The van der Waals surface area contributed by atoms with Gasteiger partial charge in [0, 0.05) is 11.8 Å². The summed E-state index contributed by atoms with van der Waals surface area (Å²) in [4.78, 5) is 4.21. The summed E-state index contributed by atoms with van der Waals surface area (Å²) in [6.07, 6.45) is -2.11. The highest BCUT2D eigenvalue weighted by Gasteiger charge is 2.35. The van der Waals surface area contributed by atoms with Crippen molar-refractivity contribution in [2.24, 2.45) is 0 Å². The zero-order valence-corrected chi connectivity index (χ0v) is 10.3. The Labute approximate surface area is 103 Å². The van der Waals surface area contributed by atoms with E-state index in [9.17, 15) is 13.2 Å². The molecule has 0 aliphatic carbocycles. The van der Waals surface area contributed by atoms with Crippen LogP contribution in [0.5, 0.6) is 0 Å². The van der Waals surface area contributed by atoms with E-state index in [4.69, 9.17) is 0 Å². The number of fused-ring (bicyclic) bond motifs is 1. The second-order valence-corrected chi connectivity index (χ2v) is 4.29. The molecular weight excluding hydrogens is 243 g/mol. The van der Waals surface area contributed by atoms with E-state index in [2.05, 4.69) is 10.1 Å². The van der Waals surface area contributed by atoms with Crippen LogP contribution in [0.15, 0.2) is 12.1 Å². The summed E-state index contributed by atoms with van der Waals surface area (Å²) in [5, 5.41) is 3.84. The number of aryl methyl sites for hydroxylation is 2. The lowest BCUT2D eigenvalue weighted by Gasteiger charge is -2.10. The average Bonchev–Trinajstić information content (AvgIpc) is 2.63. The van der Waals surface area contributed by atoms with Crippen molar-refractivity contribution in [1.29, 1.82) is 0 Å². The fourth-order valence-electron chi connectivity index (χ4n) is 1.83. The Hall–Kier alpha value is -1.59. The molecule has 2 aromatic rings. The van der Waals surface area contributed by atoms with Gasteiger partial charge in [0.2, 0.25) is 0 Å². The first kappa shape index (κ1) is 12.9. The zero-order chi connectivity index (χ0) is 13.3. The van der Waals surface area contributed by atoms with Crippen molar-refractivity contribution in [3.8, 4) is 0 Å². The lowest BCUT2D eigenvalue weighted by Crippen LogP contribution is -2.14. The van der Waals surface area contributed by atoms with Gasteiger partial charge < -0.3 is 0 Å². The summed E-state index contributed by atoms with van der Waals surface area (Å²) >= 11 is 0. The Morgan fingerprint density at radius 1 is 1.28 bits per heavy atom. The first-order valence-corrected chi connectivity index (χ1v) is 5.85. The van der Waals surface area contributed by atoms with Crippen LogP contribution in [0.3, 0.4) is 0 Å². The van der Waals surface area contributed by atoms with Gasteiger partial charge in [0.25, 0.3) is 0 Å². The van der Waals surface area contributed by atoms with Crippen molar-refractivity contribution >= 4 is 5.65 Å². The fraction of sp³-hybridized carbons (Fsp3) is 0.500. The lowest BCUT2D eigenvalue weighted by molar-refractivity contribution is -0.142. The van der Waals surface area contributed by atoms with Gasteiger partial charge in [-0.3, -0.25) is 0 Å². The Kier molecular flexibility index (Phi) is 3.28. The van der Waals surface area contributed by atoms with E-state index < -0.39 is 11.9 Å². The molecular formula is C12H14F3N3. The average molecular weight is 257 g/mol. The molecule has 0 atom stereocenters. The Morgan fingerprint density at radius 2 is 2.00 bits per heavy atom. The molecule has 3 nitrogen and oxygen atoms in total. The summed E-state index contributed by atoms with van der Waals surface area (Å²) < 4.78 is 39.7. The van der Waals surface area contributed by atoms with Gasteiger partial charge in [0.1, 0.15) is 5.69 Å². The topological polar surface area (TPSA) is 30.2 Å². The predicted octanol–water partition coefficient (Wildman–Crippen LogP) is 3.40. The molecule has 0 amide bonds. The van der Waals surface area contributed by atoms with Crippen LogP contribution in [-0.2, 0) is 12.6 Å². The zero-order valence-electron chi connectivity index (χ0n) is 10.3. The largest absolute Gasteiger partial charge is 0.433 e. The third kappa shape index (κ3) is 2.47. The molecule has 2 aromatic heterocycles. The second-order valence-electron chi connectivity index (χ2n) is 4.29. The van der Waals surface area contributed by atoms with E-state index in [1.165, 1.54) is 0 Å². The van der Waals surface area contributed by atoms with Crippen molar-refractivity contribution in [3.05, 3.63) is 29.2 Å². The molecule has 0 bridgehead atoms. The Balaban J connectivity index is 2.57. The SMILES string of the molecule is CCCCc1cc(C(F)(F)F)n2nc(C)cc2n1. The monoisotopic (exact) mass is 257 g/mol. The summed E-state index contributed by atoms with van der Waals surface area (Å²) in [7, 11) is 0. The van der Waals surface area contributed by atoms with Gasteiger partial charge in [0.05, 0.1) is 5.69 Å². The summed E-state index contributed by atoms with van der Waals surface area (Å²) in [5.74, 6) is 0. The molecule has 2 rings (SSSR count). The van der Waals surface area contributed by atoms with Crippen LogP contribution >= 0.6 is 0 Å². The van der Waals surface area contributed by atoms with Crippen LogP contribution in [0.2, 0.25) is 0 Å². The number of alkyl halides is 3. The number of halogens is 3. The first-order valence-electron chi connectivity index (χ1n) is 5.85. The summed E-state index contributed by atoms with van der Waals surface area (Å²) in [6.45, 7) is 3.65. The Bertz CT molecular complexity index is 557. The molecule has 0 aliphatic heterocycles. The second kappa shape index (κ2) is 4.59. The predicted molar refractivity (Wildman–Crippen MR) is 61.3 cm³/mol. The van der Waals surface area contributed by atoms with Gasteiger partial charge in [-0.05, 0) is 25.8 Å². The minimum Gasteiger partial charge on any atom is -0.234 e. The van der Waals surface area contributed by atoms with Gasteiger partial charge in [-0.1, -0.05) is 13.3 Å². The third-order valence-corrected chi connectivity index (χ3v) is 2.68. The third-order valence-electron chi connectivity index (χ3n) is 2.68. The molecule has 2 heterocycles. The number of hydrogen-bond acceptors (Lipinski definition) is 2. The van der Waals surface area contributed by atoms with Crippen molar-refractivity contribution in [2.45, 2.75) is 39.3 Å². The van der Waals surface area contributed by atoms with E-state index in [-0.39, 0.29) is 5.65 Å². The maximum absolute atomic E-state index is 12.9. The van der Waals surface area contributed by atoms with Crippen LogP contribution in [0.1, 0.15) is 36.8 Å². The summed E-state index contributed by atoms with van der Waals surface area (Å²) in [6, 6.07) is 2.65. The lowest BCUT2D eigenvalue weighted by atomic mass is 10.2. The van der Waals surface area contributed by atoms with Crippen molar-refractivity contribution in [1.82, 2.24) is 14.6 Å². The highest BCUT2D eigenvalue weighted by Crippen LogP contribution is 2.30. The molecule has 0 fully saturated rings. The minimum atomic E-state index is -4.42. The fourth-order valence-corrected chi connectivity index (χ4v) is 1.83. The van der Waals surface area contributed by atoms with Crippen molar-refractivity contribution in [3.63, 3.8) is 0 Å². The molecule has 0 aliphatic rings. The normalized spacial score (nSPS) is 12.3. The molecule has 6 heteroatoms. The van der Waals surface area contributed by atoms with E-state index in [0.29, 0.717) is 17.8 Å². The molecule has 0 saturated heterocycles. The number of hydrogen-bond donors (Lipinski definition) is 0. The molecule has 0 N–H and O–H groups in total. The number of nitrogens with zero attached hydrogens (tertiary/aromatic N) is 3. The quantitative estimate of drug-likeness (QED) is 0.843. The van der Waals surface area contributed by atoms with Crippen molar-refractivity contribution in [2.75, 3.05) is 0 Å². The van der Waals surface area contributed by atoms with Crippen LogP contribution in [0, 0.1) is 6.92 Å². The highest BCUT2D eigenvalue weighted by molar-refractivity contribution is 5.42. The molecule has 0 saturated carbocycles. The van der Waals surface area contributed by atoms with E-state index in [0.717, 1.165) is 23.4 Å². The van der Waals surface area contributed by atoms with Gasteiger partial charge >= 0.3 is 6.18 Å². The molecule has 0 radical (unpaired) electrons. The molecule has 0 aromatic carbocycles. The molecule has 0 unspecified atom stereocenters. The van der Waals surface area contributed by atoms with Crippen LogP contribution in [0.4, 0.5) is 13.2 Å². The highest BCUT2D eigenvalue weighted by atomic mass is 19.4. The Morgan fingerprint density at radius 3 is 2.61 bits per heavy atom. The van der Waals surface area contributed by atoms with Gasteiger partial charge in [-0.25, -0.2) is 9.50 Å². The number of rotatable bonds is 3. The molecule has 98 valence electrons. The van der Waals surface area contributed by atoms with Gasteiger partial charge in [-0.15, -0.1) is 0 Å². The van der Waals surface area contributed by atoms with Crippen LogP contribution in [0.25, 0.3) is 5.65 Å². The number of unbranched alkanes of at least 4 members (excludes halogenated alkanes) is 1. The maximum Gasteiger partial charge on any atom is 0.433 e. The smallest absolute Gasteiger partial charge is 0.234 e. The van der Waals surface area contributed by atoms with Crippen LogP contribution < -0.4 is 0 Å². The van der Waals surface area contributed by atoms with Gasteiger partial charge in [-0.2, -0.15) is 18.3 Å². The van der Waals surface area contributed by atoms with Gasteiger partial charge in [0.15, 0.2) is 5.65 Å². The standard InChI is InChI=1S/C12H14F3N3/c1-3-4-5-9-7-10(12(13,14)15)18-11(16-9)6-8(2)17-18/h6-7H,3-5H2,1-2H3. The molecule has 0 spiro atoms. The molecule has 18 heavy (non-hydrogen) atoms. The number of aromatic nitrogens is 3. The van der Waals surface area contributed by atoms with E-state index >= 15 is 0 Å². The van der Waals surface area contributed by atoms with Crippen LogP contribution in [-0.4, -0.2) is 14.6 Å². The van der Waals surface area contributed by atoms with E-state index in [1.807, 2.05) is 6.92 Å².